The zero-order valence-corrected chi connectivity index (χ0v) is 10.2. The largest absolute Gasteiger partial charge is 0.304 e. The molecule has 0 fully saturated rings. The second kappa shape index (κ2) is 5.55. The van der Waals surface area contributed by atoms with Gasteiger partial charge in [0.15, 0.2) is 0 Å². The van der Waals surface area contributed by atoms with Gasteiger partial charge in [0.2, 0.25) is 0 Å². The molecule has 0 spiro atoms. The molecule has 0 amide bonds. The fourth-order valence-corrected chi connectivity index (χ4v) is 1.85. The van der Waals surface area contributed by atoms with Gasteiger partial charge in [0, 0.05) is 36.9 Å². The molecule has 0 aliphatic rings. The second-order valence-electron chi connectivity index (χ2n) is 4.18. The zero-order chi connectivity index (χ0) is 12.1. The van der Waals surface area contributed by atoms with Gasteiger partial charge in [0.05, 0.1) is 0 Å². The van der Waals surface area contributed by atoms with Gasteiger partial charge in [0.25, 0.3) is 0 Å². The summed E-state index contributed by atoms with van der Waals surface area (Å²) in [6.45, 7) is 4.30. The van der Waals surface area contributed by atoms with Crippen molar-refractivity contribution in [2.75, 3.05) is 0 Å². The molecule has 17 heavy (non-hydrogen) atoms. The third-order valence-electron chi connectivity index (χ3n) is 2.89. The van der Waals surface area contributed by atoms with Gasteiger partial charge in [-0.1, -0.05) is 6.07 Å². The van der Waals surface area contributed by atoms with E-state index in [0.717, 1.165) is 0 Å². The maximum atomic E-state index is 4.14. The van der Waals surface area contributed by atoms with Crippen LogP contribution in [-0.4, -0.2) is 9.97 Å². The number of nitrogens with one attached hydrogen (secondary N) is 1. The quantitative estimate of drug-likeness (QED) is 0.872. The lowest BCUT2D eigenvalue weighted by Crippen LogP contribution is -2.22. The first-order chi connectivity index (χ1) is 8.27. The molecule has 3 nitrogen and oxygen atoms in total. The molecule has 0 saturated carbocycles. The van der Waals surface area contributed by atoms with E-state index in [1.54, 1.807) is 6.20 Å². The summed E-state index contributed by atoms with van der Waals surface area (Å²) < 4.78 is 0. The van der Waals surface area contributed by atoms with E-state index >= 15 is 0 Å². The SMILES string of the molecule is CC(NC(C)c1cccnc1)c1ccncc1. The minimum absolute atomic E-state index is 0.284. The van der Waals surface area contributed by atoms with Crippen molar-refractivity contribution in [3.63, 3.8) is 0 Å². The van der Waals surface area contributed by atoms with Crippen molar-refractivity contribution in [1.82, 2.24) is 15.3 Å². The lowest BCUT2D eigenvalue weighted by molar-refractivity contribution is 0.493. The van der Waals surface area contributed by atoms with Crippen LogP contribution in [0.5, 0.6) is 0 Å². The van der Waals surface area contributed by atoms with Crippen LogP contribution in [0.25, 0.3) is 0 Å². The van der Waals surface area contributed by atoms with E-state index in [-0.39, 0.29) is 6.04 Å². The van der Waals surface area contributed by atoms with Gasteiger partial charge in [-0.05, 0) is 43.2 Å². The highest BCUT2D eigenvalue weighted by Gasteiger charge is 2.10. The first-order valence-electron chi connectivity index (χ1n) is 5.83. The van der Waals surface area contributed by atoms with Gasteiger partial charge in [-0.15, -0.1) is 0 Å². The molecule has 2 rings (SSSR count). The molecule has 0 aromatic carbocycles. The summed E-state index contributed by atoms with van der Waals surface area (Å²) in [6.07, 6.45) is 7.34. The minimum atomic E-state index is 0.284. The van der Waals surface area contributed by atoms with Gasteiger partial charge in [-0.25, -0.2) is 0 Å². The molecule has 2 aromatic rings. The maximum Gasteiger partial charge on any atom is 0.0315 e. The summed E-state index contributed by atoms with van der Waals surface area (Å²) in [5.41, 5.74) is 2.45. The first kappa shape index (κ1) is 11.7. The topological polar surface area (TPSA) is 37.8 Å². The fourth-order valence-electron chi connectivity index (χ4n) is 1.85. The summed E-state index contributed by atoms with van der Waals surface area (Å²) in [5, 5.41) is 3.54. The Labute approximate surface area is 102 Å². The van der Waals surface area contributed by atoms with Gasteiger partial charge in [0.1, 0.15) is 0 Å². The van der Waals surface area contributed by atoms with Crippen molar-refractivity contribution in [2.45, 2.75) is 25.9 Å². The molecular formula is C14H17N3. The number of nitrogens with zero attached hydrogens (tertiary/aromatic N) is 2. The summed E-state index contributed by atoms with van der Waals surface area (Å²) in [7, 11) is 0. The van der Waals surface area contributed by atoms with Gasteiger partial charge in [-0.2, -0.15) is 0 Å². The molecule has 2 atom stereocenters. The Kier molecular flexibility index (Phi) is 3.83. The number of hydrogen-bond acceptors (Lipinski definition) is 3. The molecule has 2 unspecified atom stereocenters. The Morgan fingerprint density at radius 3 is 2.24 bits per heavy atom. The lowest BCUT2D eigenvalue weighted by Gasteiger charge is -2.20. The maximum absolute atomic E-state index is 4.14. The molecule has 1 N–H and O–H groups in total. The van der Waals surface area contributed by atoms with Crippen LogP contribution in [0, 0.1) is 0 Å². The Balaban J connectivity index is 2.02. The highest BCUT2D eigenvalue weighted by Crippen LogP contribution is 2.17. The average molecular weight is 227 g/mol. The minimum Gasteiger partial charge on any atom is -0.304 e. The van der Waals surface area contributed by atoms with E-state index < -0.39 is 0 Å². The average Bonchev–Trinajstić information content (AvgIpc) is 2.40. The summed E-state index contributed by atoms with van der Waals surface area (Å²) >= 11 is 0. The first-order valence-corrected chi connectivity index (χ1v) is 5.83. The second-order valence-corrected chi connectivity index (χ2v) is 4.18. The smallest absolute Gasteiger partial charge is 0.0315 e. The summed E-state index contributed by atoms with van der Waals surface area (Å²) in [6, 6.07) is 8.70. The molecule has 0 radical (unpaired) electrons. The van der Waals surface area contributed by atoms with Crippen LogP contribution in [0.1, 0.15) is 37.1 Å². The molecule has 0 saturated heterocycles. The van der Waals surface area contributed by atoms with E-state index in [1.807, 2.05) is 36.8 Å². The standard InChI is InChI=1S/C14H17N3/c1-11(13-5-8-15-9-6-13)17-12(2)14-4-3-7-16-10-14/h3-12,17H,1-2H3. The van der Waals surface area contributed by atoms with Crippen LogP contribution in [0.3, 0.4) is 0 Å². The molecule has 2 heterocycles. The van der Waals surface area contributed by atoms with E-state index in [4.69, 9.17) is 0 Å². The Hall–Kier alpha value is -1.74. The van der Waals surface area contributed by atoms with E-state index in [1.165, 1.54) is 11.1 Å². The number of rotatable bonds is 4. The number of aromatic nitrogens is 2. The Morgan fingerprint density at radius 2 is 1.59 bits per heavy atom. The highest BCUT2D eigenvalue weighted by atomic mass is 14.9. The molecule has 3 heteroatoms. The molecule has 88 valence electrons. The number of hydrogen-bond donors (Lipinski definition) is 1. The molecular weight excluding hydrogens is 210 g/mol. The predicted octanol–water partition coefficient (Wildman–Crippen LogP) is 2.89. The third-order valence-corrected chi connectivity index (χ3v) is 2.89. The van der Waals surface area contributed by atoms with Crippen molar-refractivity contribution in [2.24, 2.45) is 0 Å². The van der Waals surface area contributed by atoms with Crippen molar-refractivity contribution < 1.29 is 0 Å². The van der Waals surface area contributed by atoms with Crippen LogP contribution >= 0.6 is 0 Å². The van der Waals surface area contributed by atoms with Crippen LogP contribution in [0.4, 0.5) is 0 Å². The van der Waals surface area contributed by atoms with Crippen molar-refractivity contribution >= 4 is 0 Å². The van der Waals surface area contributed by atoms with Crippen molar-refractivity contribution in [3.05, 3.63) is 60.2 Å². The van der Waals surface area contributed by atoms with Crippen LogP contribution in [-0.2, 0) is 0 Å². The van der Waals surface area contributed by atoms with Gasteiger partial charge >= 0.3 is 0 Å². The Bertz CT molecular complexity index is 398. The fraction of sp³-hybridized carbons (Fsp3) is 0.286. The summed E-state index contributed by atoms with van der Waals surface area (Å²) in [4.78, 5) is 8.16. The molecule has 2 aromatic heterocycles. The van der Waals surface area contributed by atoms with Gasteiger partial charge < -0.3 is 5.32 Å². The van der Waals surface area contributed by atoms with E-state index in [2.05, 4.69) is 35.2 Å². The van der Waals surface area contributed by atoms with Crippen LogP contribution < -0.4 is 5.32 Å². The Morgan fingerprint density at radius 1 is 0.882 bits per heavy atom. The van der Waals surface area contributed by atoms with Crippen molar-refractivity contribution in [1.29, 1.82) is 0 Å². The van der Waals surface area contributed by atoms with Crippen LogP contribution in [0.2, 0.25) is 0 Å². The lowest BCUT2D eigenvalue weighted by atomic mass is 10.1. The molecule has 0 bridgehead atoms. The molecule has 0 aliphatic carbocycles. The third kappa shape index (κ3) is 3.11. The summed E-state index contributed by atoms with van der Waals surface area (Å²) in [5.74, 6) is 0. The monoisotopic (exact) mass is 227 g/mol. The van der Waals surface area contributed by atoms with E-state index in [0.29, 0.717) is 6.04 Å². The number of pyridine rings is 2. The zero-order valence-electron chi connectivity index (χ0n) is 10.2. The highest BCUT2D eigenvalue weighted by molar-refractivity contribution is 5.17. The van der Waals surface area contributed by atoms with E-state index in [9.17, 15) is 0 Å². The van der Waals surface area contributed by atoms with Crippen molar-refractivity contribution in [3.8, 4) is 0 Å². The van der Waals surface area contributed by atoms with Gasteiger partial charge in [-0.3, -0.25) is 9.97 Å². The predicted molar refractivity (Wildman–Crippen MR) is 68.4 cm³/mol. The molecule has 0 aliphatic heterocycles. The van der Waals surface area contributed by atoms with Crippen LogP contribution in [0.15, 0.2) is 49.1 Å². The normalized spacial score (nSPS) is 14.2.